The SMILES string of the molecule is NS(=O)(=O)c1ccc(CCNCc2nn(Cc3ccccc3)nc2-c2ccccc2)cc1. The van der Waals surface area contributed by atoms with E-state index < -0.39 is 10.0 Å². The highest BCUT2D eigenvalue weighted by Crippen LogP contribution is 2.20. The molecule has 3 aromatic carbocycles. The molecule has 0 aliphatic rings. The number of rotatable bonds is 9. The van der Waals surface area contributed by atoms with E-state index >= 15 is 0 Å². The number of hydrogen-bond acceptors (Lipinski definition) is 5. The van der Waals surface area contributed by atoms with Crippen molar-refractivity contribution in [2.45, 2.75) is 24.4 Å². The Hall–Kier alpha value is -3.33. The molecule has 4 rings (SSSR count). The van der Waals surface area contributed by atoms with E-state index in [0.29, 0.717) is 19.6 Å². The lowest BCUT2D eigenvalue weighted by molar-refractivity contribution is 0.576. The van der Waals surface area contributed by atoms with Gasteiger partial charge in [0.1, 0.15) is 11.4 Å². The standard InChI is InChI=1S/C24H25N5O2S/c25-32(30,31)22-13-11-19(12-14-22)15-16-26-17-23-24(21-9-5-2-6-10-21)28-29(27-23)18-20-7-3-1-4-8-20/h1-14,26H,15-18H2,(H2,25,30,31). The van der Waals surface area contributed by atoms with Gasteiger partial charge in [0.15, 0.2) is 0 Å². The van der Waals surface area contributed by atoms with Crippen LogP contribution < -0.4 is 10.5 Å². The molecular weight excluding hydrogens is 422 g/mol. The van der Waals surface area contributed by atoms with Crippen LogP contribution in [0.25, 0.3) is 11.3 Å². The van der Waals surface area contributed by atoms with Crippen LogP contribution in [0.15, 0.2) is 89.8 Å². The van der Waals surface area contributed by atoms with Gasteiger partial charge >= 0.3 is 0 Å². The molecule has 164 valence electrons. The van der Waals surface area contributed by atoms with E-state index in [1.54, 1.807) is 16.9 Å². The van der Waals surface area contributed by atoms with Gasteiger partial charge in [-0.3, -0.25) is 0 Å². The lowest BCUT2D eigenvalue weighted by Gasteiger charge is -2.05. The average molecular weight is 448 g/mol. The molecule has 0 bridgehead atoms. The van der Waals surface area contributed by atoms with Crippen molar-refractivity contribution < 1.29 is 8.42 Å². The van der Waals surface area contributed by atoms with E-state index in [-0.39, 0.29) is 4.90 Å². The minimum Gasteiger partial charge on any atom is -0.311 e. The molecule has 0 spiro atoms. The van der Waals surface area contributed by atoms with E-state index in [0.717, 1.165) is 34.5 Å². The lowest BCUT2D eigenvalue weighted by atomic mass is 10.1. The third kappa shape index (κ3) is 5.67. The van der Waals surface area contributed by atoms with Crippen LogP contribution in [0.2, 0.25) is 0 Å². The van der Waals surface area contributed by atoms with Gasteiger partial charge in [0, 0.05) is 12.1 Å². The van der Waals surface area contributed by atoms with Gasteiger partial charge in [0.2, 0.25) is 10.0 Å². The first-order valence-corrected chi connectivity index (χ1v) is 11.9. The number of nitrogens with zero attached hydrogens (tertiary/aromatic N) is 3. The second kappa shape index (κ2) is 9.86. The maximum Gasteiger partial charge on any atom is 0.238 e. The van der Waals surface area contributed by atoms with Crippen molar-refractivity contribution in [1.82, 2.24) is 20.3 Å². The molecule has 0 unspecified atom stereocenters. The zero-order chi connectivity index (χ0) is 22.4. The summed E-state index contributed by atoms with van der Waals surface area (Å²) in [4.78, 5) is 1.86. The second-order valence-electron chi connectivity index (χ2n) is 7.49. The molecule has 0 atom stereocenters. The normalized spacial score (nSPS) is 11.5. The summed E-state index contributed by atoms with van der Waals surface area (Å²) in [6.45, 7) is 1.90. The van der Waals surface area contributed by atoms with Crippen LogP contribution >= 0.6 is 0 Å². The number of benzene rings is 3. The Labute approximate surface area is 188 Å². The summed E-state index contributed by atoms with van der Waals surface area (Å²) >= 11 is 0. The zero-order valence-corrected chi connectivity index (χ0v) is 18.4. The Morgan fingerprint density at radius 2 is 1.47 bits per heavy atom. The highest BCUT2D eigenvalue weighted by atomic mass is 32.2. The molecule has 0 aliphatic heterocycles. The summed E-state index contributed by atoms with van der Waals surface area (Å²) < 4.78 is 22.8. The quantitative estimate of drug-likeness (QED) is 0.384. The zero-order valence-electron chi connectivity index (χ0n) is 17.6. The van der Waals surface area contributed by atoms with Crippen molar-refractivity contribution in [3.05, 3.63) is 102 Å². The van der Waals surface area contributed by atoms with Crippen molar-refractivity contribution in [3.8, 4) is 11.3 Å². The van der Waals surface area contributed by atoms with Crippen LogP contribution in [-0.2, 0) is 29.5 Å². The molecule has 8 heteroatoms. The van der Waals surface area contributed by atoms with Crippen LogP contribution in [-0.4, -0.2) is 30.0 Å². The minimum atomic E-state index is -3.67. The number of nitrogens with two attached hydrogens (primary N) is 1. The molecular formula is C24H25N5O2S. The van der Waals surface area contributed by atoms with Crippen LogP contribution in [0.1, 0.15) is 16.8 Å². The third-order valence-electron chi connectivity index (χ3n) is 5.07. The second-order valence-corrected chi connectivity index (χ2v) is 9.05. The molecule has 3 N–H and O–H groups in total. The molecule has 32 heavy (non-hydrogen) atoms. The molecule has 0 aliphatic carbocycles. The maximum atomic E-state index is 11.4. The van der Waals surface area contributed by atoms with E-state index in [9.17, 15) is 8.42 Å². The number of primary sulfonamides is 1. The Morgan fingerprint density at radius 3 is 2.12 bits per heavy atom. The number of aromatic nitrogens is 3. The summed E-state index contributed by atoms with van der Waals surface area (Å²) in [5.41, 5.74) is 4.95. The van der Waals surface area contributed by atoms with Gasteiger partial charge < -0.3 is 5.32 Å². The van der Waals surface area contributed by atoms with E-state index in [1.807, 2.05) is 48.5 Å². The van der Waals surface area contributed by atoms with Crippen molar-refractivity contribution in [1.29, 1.82) is 0 Å². The van der Waals surface area contributed by atoms with Gasteiger partial charge in [-0.05, 0) is 36.2 Å². The van der Waals surface area contributed by atoms with Crippen LogP contribution in [0.4, 0.5) is 0 Å². The fourth-order valence-electron chi connectivity index (χ4n) is 3.42. The van der Waals surface area contributed by atoms with Crippen molar-refractivity contribution >= 4 is 10.0 Å². The largest absolute Gasteiger partial charge is 0.311 e. The maximum absolute atomic E-state index is 11.4. The number of nitrogens with one attached hydrogen (secondary N) is 1. The summed E-state index contributed by atoms with van der Waals surface area (Å²) in [5, 5.41) is 18.0. The molecule has 0 fully saturated rings. The van der Waals surface area contributed by atoms with Crippen molar-refractivity contribution in [2.75, 3.05) is 6.54 Å². The Morgan fingerprint density at radius 1 is 0.812 bits per heavy atom. The first-order chi connectivity index (χ1) is 15.5. The van der Waals surface area contributed by atoms with E-state index in [2.05, 4.69) is 17.4 Å². The van der Waals surface area contributed by atoms with Gasteiger partial charge in [-0.15, -0.1) is 0 Å². The summed E-state index contributed by atoms with van der Waals surface area (Å²) in [6.07, 6.45) is 0.754. The van der Waals surface area contributed by atoms with E-state index in [1.165, 1.54) is 12.1 Å². The van der Waals surface area contributed by atoms with Gasteiger partial charge in [-0.1, -0.05) is 72.8 Å². The first kappa shape index (κ1) is 21.9. The highest BCUT2D eigenvalue weighted by Gasteiger charge is 2.13. The molecule has 0 amide bonds. The van der Waals surface area contributed by atoms with Crippen LogP contribution in [0.5, 0.6) is 0 Å². The van der Waals surface area contributed by atoms with Crippen LogP contribution in [0.3, 0.4) is 0 Å². The van der Waals surface area contributed by atoms with Crippen molar-refractivity contribution in [2.24, 2.45) is 5.14 Å². The number of hydrogen-bond donors (Lipinski definition) is 2. The molecule has 4 aromatic rings. The Kier molecular flexibility index (Phi) is 6.75. The predicted octanol–water partition coefficient (Wildman–Crippen LogP) is 2.97. The summed E-state index contributed by atoms with van der Waals surface area (Å²) in [7, 11) is -3.67. The Bertz CT molecular complexity index is 1260. The monoisotopic (exact) mass is 447 g/mol. The van der Waals surface area contributed by atoms with Crippen LogP contribution in [0, 0.1) is 0 Å². The number of sulfonamides is 1. The van der Waals surface area contributed by atoms with E-state index in [4.69, 9.17) is 15.3 Å². The first-order valence-electron chi connectivity index (χ1n) is 10.3. The predicted molar refractivity (Wildman–Crippen MR) is 124 cm³/mol. The highest BCUT2D eigenvalue weighted by molar-refractivity contribution is 7.89. The summed E-state index contributed by atoms with van der Waals surface area (Å²) in [6, 6.07) is 26.8. The molecule has 0 saturated carbocycles. The molecule has 1 aromatic heterocycles. The van der Waals surface area contributed by atoms with Gasteiger partial charge in [0.25, 0.3) is 0 Å². The Balaban J connectivity index is 1.42. The average Bonchev–Trinajstić information content (AvgIpc) is 3.20. The minimum absolute atomic E-state index is 0.122. The molecule has 0 radical (unpaired) electrons. The van der Waals surface area contributed by atoms with Gasteiger partial charge in [0.05, 0.1) is 11.4 Å². The lowest BCUT2D eigenvalue weighted by Crippen LogP contribution is -2.18. The fraction of sp³-hybridized carbons (Fsp3) is 0.167. The van der Waals surface area contributed by atoms with Gasteiger partial charge in [-0.25, -0.2) is 13.6 Å². The fourth-order valence-corrected chi connectivity index (χ4v) is 3.94. The molecule has 1 heterocycles. The third-order valence-corrected chi connectivity index (χ3v) is 6.00. The smallest absolute Gasteiger partial charge is 0.238 e. The topological polar surface area (TPSA) is 103 Å². The molecule has 0 saturated heterocycles. The van der Waals surface area contributed by atoms with Gasteiger partial charge in [-0.2, -0.15) is 15.0 Å². The molecule has 7 nitrogen and oxygen atoms in total. The van der Waals surface area contributed by atoms with Crippen molar-refractivity contribution in [3.63, 3.8) is 0 Å². The summed E-state index contributed by atoms with van der Waals surface area (Å²) in [5.74, 6) is 0.